The van der Waals surface area contributed by atoms with Gasteiger partial charge in [-0.15, -0.1) is 6.58 Å². The van der Waals surface area contributed by atoms with E-state index in [-0.39, 0.29) is 0 Å². The summed E-state index contributed by atoms with van der Waals surface area (Å²) in [5.74, 6) is 0. The highest BCUT2D eigenvalue weighted by Crippen LogP contribution is 2.14. The normalized spacial score (nSPS) is 12.4. The minimum Gasteiger partial charge on any atom is -0.327 e. The number of rotatable bonds is 19. The van der Waals surface area contributed by atoms with Gasteiger partial charge < -0.3 is 5.73 Å². The molecular formula is C22H45N. The van der Waals surface area contributed by atoms with Crippen molar-refractivity contribution in [3.63, 3.8) is 0 Å². The lowest BCUT2D eigenvalue weighted by Crippen LogP contribution is -2.18. The molecule has 0 aromatic carbocycles. The molecule has 23 heavy (non-hydrogen) atoms. The Balaban J connectivity index is 3.01. The smallest absolute Gasteiger partial charge is 0.00733 e. The summed E-state index contributed by atoms with van der Waals surface area (Å²) in [6.07, 6.45) is 27.0. The fraction of sp³-hybridized carbons (Fsp3) is 0.909. The molecule has 0 bridgehead atoms. The molecule has 0 aliphatic heterocycles. The van der Waals surface area contributed by atoms with Crippen LogP contribution in [0, 0.1) is 0 Å². The van der Waals surface area contributed by atoms with Crippen molar-refractivity contribution < 1.29 is 0 Å². The Morgan fingerprint density at radius 1 is 0.652 bits per heavy atom. The quantitative estimate of drug-likeness (QED) is 0.193. The van der Waals surface area contributed by atoms with Crippen molar-refractivity contribution >= 4 is 0 Å². The average Bonchev–Trinajstić information content (AvgIpc) is 2.54. The first kappa shape index (κ1) is 22.7. The van der Waals surface area contributed by atoms with Gasteiger partial charge in [0.25, 0.3) is 0 Å². The maximum Gasteiger partial charge on any atom is 0.00733 e. The van der Waals surface area contributed by atoms with Gasteiger partial charge in [-0.05, 0) is 12.8 Å². The molecule has 0 fully saturated rings. The maximum absolute atomic E-state index is 5.97. The van der Waals surface area contributed by atoms with Crippen LogP contribution in [-0.2, 0) is 0 Å². The Bertz CT molecular complexity index is 224. The highest BCUT2D eigenvalue weighted by atomic mass is 14.6. The van der Waals surface area contributed by atoms with E-state index in [2.05, 4.69) is 13.5 Å². The minimum absolute atomic E-state index is 0.346. The lowest BCUT2D eigenvalue weighted by molar-refractivity contribution is 0.514. The molecule has 1 heteroatoms. The number of unbranched alkanes of at least 4 members (excludes halogenated alkanes) is 15. The van der Waals surface area contributed by atoms with Crippen molar-refractivity contribution in [2.24, 2.45) is 5.73 Å². The predicted octanol–water partition coefficient (Wildman–Crippen LogP) is 7.54. The first-order valence-electron chi connectivity index (χ1n) is 10.7. The molecule has 0 aliphatic carbocycles. The van der Waals surface area contributed by atoms with Crippen LogP contribution < -0.4 is 5.73 Å². The van der Waals surface area contributed by atoms with Crippen molar-refractivity contribution in [3.05, 3.63) is 12.7 Å². The molecule has 0 aromatic rings. The van der Waals surface area contributed by atoms with Crippen LogP contribution in [-0.4, -0.2) is 6.04 Å². The highest BCUT2D eigenvalue weighted by Gasteiger charge is 1.99. The van der Waals surface area contributed by atoms with E-state index in [4.69, 9.17) is 5.73 Å². The zero-order valence-electron chi connectivity index (χ0n) is 16.2. The Morgan fingerprint density at radius 2 is 1.00 bits per heavy atom. The fourth-order valence-electron chi connectivity index (χ4n) is 3.29. The summed E-state index contributed by atoms with van der Waals surface area (Å²) in [6, 6.07) is 0.346. The summed E-state index contributed by atoms with van der Waals surface area (Å²) in [4.78, 5) is 0. The second-order valence-electron chi connectivity index (χ2n) is 7.38. The van der Waals surface area contributed by atoms with Gasteiger partial charge in [-0.2, -0.15) is 0 Å². The summed E-state index contributed by atoms with van der Waals surface area (Å²) in [7, 11) is 0. The molecule has 0 saturated carbocycles. The summed E-state index contributed by atoms with van der Waals surface area (Å²) >= 11 is 0. The molecule has 138 valence electrons. The molecule has 1 unspecified atom stereocenters. The molecular weight excluding hydrogens is 278 g/mol. The van der Waals surface area contributed by atoms with Crippen LogP contribution in [0.3, 0.4) is 0 Å². The van der Waals surface area contributed by atoms with Gasteiger partial charge in [0.1, 0.15) is 0 Å². The van der Waals surface area contributed by atoms with Crippen LogP contribution in [0.2, 0.25) is 0 Å². The molecule has 0 heterocycles. The number of hydrogen-bond donors (Lipinski definition) is 1. The Kier molecular flexibility index (Phi) is 19.5. The van der Waals surface area contributed by atoms with Gasteiger partial charge in [0, 0.05) is 6.04 Å². The summed E-state index contributed by atoms with van der Waals surface area (Å²) < 4.78 is 0. The zero-order chi connectivity index (χ0) is 17.0. The zero-order valence-corrected chi connectivity index (χ0v) is 16.2. The van der Waals surface area contributed by atoms with E-state index in [9.17, 15) is 0 Å². The lowest BCUT2D eigenvalue weighted by atomic mass is 10.0. The third-order valence-electron chi connectivity index (χ3n) is 4.90. The van der Waals surface area contributed by atoms with Gasteiger partial charge in [-0.3, -0.25) is 0 Å². The first-order chi connectivity index (χ1) is 11.3. The van der Waals surface area contributed by atoms with Crippen LogP contribution in [0.4, 0.5) is 0 Å². The SMILES string of the molecule is C=CCC(N)CCCCCCCCCCCCCCCCCC. The van der Waals surface area contributed by atoms with E-state index < -0.39 is 0 Å². The van der Waals surface area contributed by atoms with E-state index in [1.54, 1.807) is 0 Å². The monoisotopic (exact) mass is 323 g/mol. The molecule has 0 aromatic heterocycles. The van der Waals surface area contributed by atoms with Gasteiger partial charge in [-0.25, -0.2) is 0 Å². The molecule has 0 spiro atoms. The van der Waals surface area contributed by atoms with Crippen LogP contribution in [0.1, 0.15) is 122 Å². The van der Waals surface area contributed by atoms with Crippen molar-refractivity contribution in [3.8, 4) is 0 Å². The first-order valence-corrected chi connectivity index (χ1v) is 10.7. The van der Waals surface area contributed by atoms with E-state index in [1.807, 2.05) is 6.08 Å². The number of hydrogen-bond acceptors (Lipinski definition) is 1. The van der Waals surface area contributed by atoms with Crippen molar-refractivity contribution in [1.82, 2.24) is 0 Å². The highest BCUT2D eigenvalue weighted by molar-refractivity contribution is 4.74. The maximum atomic E-state index is 5.97. The van der Waals surface area contributed by atoms with Crippen LogP contribution in [0.15, 0.2) is 12.7 Å². The topological polar surface area (TPSA) is 26.0 Å². The van der Waals surface area contributed by atoms with Gasteiger partial charge in [0.15, 0.2) is 0 Å². The molecule has 0 rings (SSSR count). The molecule has 1 nitrogen and oxygen atoms in total. The third-order valence-corrected chi connectivity index (χ3v) is 4.90. The van der Waals surface area contributed by atoms with Gasteiger partial charge in [0.05, 0.1) is 0 Å². The molecule has 1 atom stereocenters. The summed E-state index contributed by atoms with van der Waals surface area (Å²) in [5.41, 5.74) is 5.97. The van der Waals surface area contributed by atoms with Crippen molar-refractivity contribution in [1.29, 1.82) is 0 Å². The molecule has 0 amide bonds. The molecule has 0 saturated heterocycles. The van der Waals surface area contributed by atoms with Crippen LogP contribution in [0.25, 0.3) is 0 Å². The third kappa shape index (κ3) is 19.7. The van der Waals surface area contributed by atoms with E-state index >= 15 is 0 Å². The van der Waals surface area contributed by atoms with Gasteiger partial charge in [0.2, 0.25) is 0 Å². The Morgan fingerprint density at radius 3 is 1.35 bits per heavy atom. The van der Waals surface area contributed by atoms with E-state index in [0.717, 1.165) is 6.42 Å². The second-order valence-corrected chi connectivity index (χ2v) is 7.38. The lowest BCUT2D eigenvalue weighted by Gasteiger charge is -2.08. The van der Waals surface area contributed by atoms with Crippen LogP contribution in [0.5, 0.6) is 0 Å². The van der Waals surface area contributed by atoms with E-state index in [0.29, 0.717) is 6.04 Å². The average molecular weight is 324 g/mol. The summed E-state index contributed by atoms with van der Waals surface area (Å²) in [6.45, 7) is 6.04. The predicted molar refractivity (Wildman–Crippen MR) is 107 cm³/mol. The minimum atomic E-state index is 0.346. The van der Waals surface area contributed by atoms with Crippen molar-refractivity contribution in [2.45, 2.75) is 129 Å². The fourth-order valence-corrected chi connectivity index (χ4v) is 3.29. The Hall–Kier alpha value is -0.300. The molecule has 0 aliphatic rings. The van der Waals surface area contributed by atoms with Gasteiger partial charge in [-0.1, -0.05) is 116 Å². The standard InChI is InChI=1S/C22H45N/c1-3-5-6-7-8-9-10-11-12-13-14-15-16-17-18-19-21-22(23)20-4-2/h4,22H,2-3,5-21,23H2,1H3. The van der Waals surface area contributed by atoms with E-state index in [1.165, 1.54) is 109 Å². The summed E-state index contributed by atoms with van der Waals surface area (Å²) in [5, 5.41) is 0. The Labute approximate surface area is 147 Å². The van der Waals surface area contributed by atoms with Crippen molar-refractivity contribution in [2.75, 3.05) is 0 Å². The van der Waals surface area contributed by atoms with Crippen LogP contribution >= 0.6 is 0 Å². The molecule has 0 radical (unpaired) electrons. The second kappa shape index (κ2) is 19.7. The number of nitrogens with two attached hydrogens (primary N) is 1. The molecule has 2 N–H and O–H groups in total. The largest absolute Gasteiger partial charge is 0.327 e. The van der Waals surface area contributed by atoms with Gasteiger partial charge >= 0.3 is 0 Å².